The van der Waals surface area contributed by atoms with Gasteiger partial charge in [-0.1, -0.05) is 12.1 Å². The van der Waals surface area contributed by atoms with Crippen molar-refractivity contribution < 1.29 is 22.7 Å². The second kappa shape index (κ2) is 9.76. The van der Waals surface area contributed by atoms with Crippen molar-refractivity contribution in [2.24, 2.45) is 0 Å². The molecule has 0 radical (unpaired) electrons. The first kappa shape index (κ1) is 22.4. The van der Waals surface area contributed by atoms with Crippen molar-refractivity contribution in [3.63, 3.8) is 0 Å². The third kappa shape index (κ3) is 6.34. The number of ether oxygens (including phenoxy) is 1. The maximum atomic E-state index is 12.2. The normalized spacial score (nSPS) is 14.0. The van der Waals surface area contributed by atoms with E-state index in [0.717, 1.165) is 42.3 Å². The lowest BCUT2D eigenvalue weighted by Crippen LogP contribution is -2.30. The molecule has 0 aliphatic carbocycles. The molecule has 3 aromatic rings. The van der Waals surface area contributed by atoms with Crippen LogP contribution in [0.1, 0.15) is 19.3 Å². The smallest absolute Gasteiger partial charge is 0.406 e. The quantitative estimate of drug-likeness (QED) is 0.516. The van der Waals surface area contributed by atoms with Crippen LogP contribution < -0.4 is 20.3 Å². The van der Waals surface area contributed by atoms with Gasteiger partial charge in [-0.05, 0) is 67.8 Å². The molecule has 2 N–H and O–H groups in total. The molecule has 0 atom stereocenters. The highest BCUT2D eigenvalue weighted by molar-refractivity contribution is 5.99. The molecule has 172 valence electrons. The van der Waals surface area contributed by atoms with Crippen molar-refractivity contribution in [2.45, 2.75) is 25.6 Å². The first-order valence-corrected chi connectivity index (χ1v) is 10.5. The van der Waals surface area contributed by atoms with E-state index in [4.69, 9.17) is 0 Å². The number of piperidine rings is 1. The van der Waals surface area contributed by atoms with Crippen LogP contribution in [0.4, 0.5) is 35.2 Å². The summed E-state index contributed by atoms with van der Waals surface area (Å²) in [5, 5.41) is 13.9. The number of halogens is 3. The Hall–Kier alpha value is -3.82. The molecule has 1 aliphatic rings. The van der Waals surface area contributed by atoms with E-state index in [1.807, 2.05) is 24.3 Å². The summed E-state index contributed by atoms with van der Waals surface area (Å²) in [6.07, 6.45) is -1.17. The first-order valence-electron chi connectivity index (χ1n) is 10.5. The maximum Gasteiger partial charge on any atom is 0.573 e. The minimum Gasteiger partial charge on any atom is -0.406 e. The summed E-state index contributed by atoms with van der Waals surface area (Å²) in [7, 11) is 0. The topological polar surface area (TPSA) is 79.4 Å². The second-order valence-electron chi connectivity index (χ2n) is 7.55. The fourth-order valence-corrected chi connectivity index (χ4v) is 3.53. The Morgan fingerprint density at radius 1 is 0.818 bits per heavy atom. The van der Waals surface area contributed by atoms with E-state index in [2.05, 4.69) is 30.5 Å². The monoisotopic (exact) mass is 457 g/mol. The lowest BCUT2D eigenvalue weighted by atomic mass is 10.1. The number of nitrogens with one attached hydrogen (secondary N) is 2. The molecule has 1 saturated heterocycles. The van der Waals surface area contributed by atoms with Gasteiger partial charge in [0.2, 0.25) is 0 Å². The van der Waals surface area contributed by atoms with Crippen molar-refractivity contribution in [1.29, 1.82) is 0 Å². The molecule has 0 saturated carbocycles. The Morgan fingerprint density at radius 3 is 1.97 bits per heavy atom. The number of rotatable bonds is 5. The predicted molar refractivity (Wildman–Crippen MR) is 119 cm³/mol. The first-order chi connectivity index (χ1) is 15.9. The van der Waals surface area contributed by atoms with Crippen molar-refractivity contribution in [3.8, 4) is 17.0 Å². The molecule has 1 aromatic heterocycles. The largest absolute Gasteiger partial charge is 0.573 e. The third-order valence-corrected chi connectivity index (χ3v) is 5.11. The molecular weight excluding hydrogens is 435 g/mol. The fourth-order valence-electron chi connectivity index (χ4n) is 3.53. The van der Waals surface area contributed by atoms with Gasteiger partial charge in [0, 0.05) is 30.0 Å². The Morgan fingerprint density at radius 2 is 1.42 bits per heavy atom. The summed E-state index contributed by atoms with van der Waals surface area (Å²) in [4.78, 5) is 14.4. The molecular formula is C23H22F3N5O2. The Kier molecular flexibility index (Phi) is 6.62. The minimum atomic E-state index is -4.76. The molecule has 2 aromatic carbocycles. The van der Waals surface area contributed by atoms with E-state index in [1.54, 1.807) is 12.1 Å². The standard InChI is InChI=1S/C23H22F3N5O2/c24-23(25,26)33-19-10-8-18(9-11-19)28-22(32)27-17-6-4-16(5-7-17)20-12-13-21(30-29-20)31-14-2-1-3-15-31/h4-13H,1-3,14-15H2,(H2,27,28,32). The summed E-state index contributed by atoms with van der Waals surface area (Å²) in [6.45, 7) is 2.00. The molecule has 10 heteroatoms. The van der Waals surface area contributed by atoms with Crippen LogP contribution >= 0.6 is 0 Å². The predicted octanol–water partition coefficient (Wildman–Crippen LogP) is 5.68. The number of alkyl halides is 3. The second-order valence-corrected chi connectivity index (χ2v) is 7.55. The van der Waals surface area contributed by atoms with E-state index < -0.39 is 12.4 Å². The number of carbonyl (C=O) groups excluding carboxylic acids is 1. The van der Waals surface area contributed by atoms with Gasteiger partial charge in [0.1, 0.15) is 5.75 Å². The van der Waals surface area contributed by atoms with Crippen LogP contribution in [0.3, 0.4) is 0 Å². The number of benzene rings is 2. The van der Waals surface area contributed by atoms with E-state index >= 15 is 0 Å². The van der Waals surface area contributed by atoms with Crippen LogP contribution in [0.5, 0.6) is 5.75 Å². The highest BCUT2D eigenvalue weighted by atomic mass is 19.4. The van der Waals surface area contributed by atoms with Crippen LogP contribution in [0.2, 0.25) is 0 Å². The van der Waals surface area contributed by atoms with Gasteiger partial charge in [-0.25, -0.2) is 4.79 Å². The zero-order chi connectivity index (χ0) is 23.3. The molecule has 33 heavy (non-hydrogen) atoms. The van der Waals surface area contributed by atoms with Crippen LogP contribution in [-0.4, -0.2) is 35.7 Å². The number of nitrogens with zero attached hydrogens (tertiary/aromatic N) is 3. The number of urea groups is 1. The zero-order valence-electron chi connectivity index (χ0n) is 17.6. The van der Waals surface area contributed by atoms with E-state index in [9.17, 15) is 18.0 Å². The van der Waals surface area contributed by atoms with E-state index in [1.165, 1.54) is 31.4 Å². The van der Waals surface area contributed by atoms with Gasteiger partial charge in [0.25, 0.3) is 0 Å². The number of hydrogen-bond donors (Lipinski definition) is 2. The van der Waals surface area contributed by atoms with Gasteiger partial charge in [-0.3, -0.25) is 0 Å². The average molecular weight is 457 g/mol. The van der Waals surface area contributed by atoms with E-state index in [-0.39, 0.29) is 5.75 Å². The molecule has 0 bridgehead atoms. The van der Waals surface area contributed by atoms with Crippen molar-refractivity contribution >= 4 is 23.2 Å². The van der Waals surface area contributed by atoms with Crippen LogP contribution in [0, 0.1) is 0 Å². The molecule has 4 rings (SSSR count). The van der Waals surface area contributed by atoms with Gasteiger partial charge in [0.05, 0.1) is 5.69 Å². The van der Waals surface area contributed by atoms with Gasteiger partial charge in [-0.2, -0.15) is 0 Å². The van der Waals surface area contributed by atoms with Crippen molar-refractivity contribution in [3.05, 3.63) is 60.7 Å². The maximum absolute atomic E-state index is 12.2. The lowest BCUT2D eigenvalue weighted by Gasteiger charge is -2.27. The van der Waals surface area contributed by atoms with E-state index in [0.29, 0.717) is 11.4 Å². The third-order valence-electron chi connectivity index (χ3n) is 5.11. The van der Waals surface area contributed by atoms with Crippen LogP contribution in [0.15, 0.2) is 60.7 Å². The summed E-state index contributed by atoms with van der Waals surface area (Å²) in [5.74, 6) is 0.516. The number of hydrogen-bond acceptors (Lipinski definition) is 5. The molecule has 1 aliphatic heterocycles. The Bertz CT molecular complexity index is 1070. The van der Waals surface area contributed by atoms with Gasteiger partial charge >= 0.3 is 12.4 Å². The van der Waals surface area contributed by atoms with Crippen molar-refractivity contribution in [1.82, 2.24) is 10.2 Å². The SMILES string of the molecule is O=C(Nc1ccc(OC(F)(F)F)cc1)Nc1ccc(-c2ccc(N3CCCCC3)nn2)cc1. The highest BCUT2D eigenvalue weighted by Gasteiger charge is 2.31. The van der Waals surface area contributed by atoms with Gasteiger partial charge in [-0.15, -0.1) is 23.4 Å². The van der Waals surface area contributed by atoms with Gasteiger partial charge in [0.15, 0.2) is 5.82 Å². The van der Waals surface area contributed by atoms with Crippen molar-refractivity contribution in [2.75, 3.05) is 28.6 Å². The molecule has 1 fully saturated rings. The summed E-state index contributed by atoms with van der Waals surface area (Å²) >= 11 is 0. The minimum absolute atomic E-state index is 0.322. The molecule has 2 amide bonds. The lowest BCUT2D eigenvalue weighted by molar-refractivity contribution is -0.274. The zero-order valence-corrected chi connectivity index (χ0v) is 17.6. The molecule has 0 spiro atoms. The van der Waals surface area contributed by atoms with Gasteiger partial charge < -0.3 is 20.3 Å². The molecule has 7 nitrogen and oxygen atoms in total. The van der Waals surface area contributed by atoms with Crippen LogP contribution in [0.25, 0.3) is 11.3 Å². The average Bonchev–Trinajstić information content (AvgIpc) is 2.81. The number of amides is 2. The molecule has 2 heterocycles. The summed E-state index contributed by atoms with van der Waals surface area (Å²) < 4.78 is 40.4. The highest BCUT2D eigenvalue weighted by Crippen LogP contribution is 2.25. The molecule has 0 unspecified atom stereocenters. The number of aromatic nitrogens is 2. The number of anilines is 3. The number of carbonyl (C=O) groups is 1. The van der Waals surface area contributed by atoms with Crippen LogP contribution in [-0.2, 0) is 0 Å². The Labute approximate surface area is 188 Å². The Balaban J connectivity index is 1.32. The fraction of sp³-hybridized carbons (Fsp3) is 0.261. The summed E-state index contributed by atoms with van der Waals surface area (Å²) in [5.41, 5.74) is 2.46. The summed E-state index contributed by atoms with van der Waals surface area (Å²) in [6, 6.07) is 15.4.